The Morgan fingerprint density at radius 1 is 1.42 bits per heavy atom. The predicted octanol–water partition coefficient (Wildman–Crippen LogP) is 3.30. The summed E-state index contributed by atoms with van der Waals surface area (Å²) in [6, 6.07) is 8.53. The molecule has 2 aromatic rings. The maximum Gasteiger partial charge on any atom is 0.335 e. The Morgan fingerprint density at radius 2 is 2.05 bits per heavy atom. The summed E-state index contributed by atoms with van der Waals surface area (Å²) >= 11 is 2.96. The number of halogens is 2. The molecule has 1 unspecified atom stereocenters. The smallest absolute Gasteiger partial charge is 0.288 e. The normalized spacial score (nSPS) is 12.2. The van der Waals surface area contributed by atoms with Gasteiger partial charge >= 0.3 is 5.91 Å². The molecule has 0 saturated carbocycles. The predicted molar refractivity (Wildman–Crippen MR) is 70.3 cm³/mol. The molecule has 0 aliphatic rings. The number of hydrogen-bond donors (Lipinski definition) is 0. The van der Waals surface area contributed by atoms with E-state index in [2.05, 4.69) is 26.1 Å². The molecule has 98 valence electrons. The maximum absolute atomic E-state index is 13.8. The van der Waals surface area contributed by atoms with Crippen LogP contribution in [0.5, 0.6) is 0 Å². The number of imidazole rings is 1. The Balaban J connectivity index is 2.56. The molecular formula is C12H9BrFN3O2. The number of hydrogen-bond acceptors (Lipinski definition) is 3. The van der Waals surface area contributed by atoms with Gasteiger partial charge in [0.15, 0.2) is 0 Å². The van der Waals surface area contributed by atoms with Crippen molar-refractivity contribution in [2.75, 3.05) is 0 Å². The highest BCUT2D eigenvalue weighted by Crippen LogP contribution is 2.26. The molecule has 0 N–H and O–H groups in total. The van der Waals surface area contributed by atoms with E-state index in [4.69, 9.17) is 0 Å². The highest BCUT2D eigenvalue weighted by Gasteiger charge is 2.26. The quantitative estimate of drug-likeness (QED) is 0.813. The Labute approximate surface area is 116 Å². The second kappa shape index (κ2) is 5.40. The summed E-state index contributed by atoms with van der Waals surface area (Å²) in [5.74, 6) is -1.06. The van der Waals surface area contributed by atoms with E-state index >= 15 is 0 Å². The minimum Gasteiger partial charge on any atom is -0.288 e. The van der Waals surface area contributed by atoms with Gasteiger partial charge in [-0.2, -0.15) is 9.37 Å². The van der Waals surface area contributed by atoms with Crippen molar-refractivity contribution >= 4 is 21.8 Å². The van der Waals surface area contributed by atoms with E-state index in [-0.39, 0.29) is 10.3 Å². The third-order valence-corrected chi connectivity index (χ3v) is 3.33. The van der Waals surface area contributed by atoms with Crippen LogP contribution in [-0.2, 0) is 0 Å². The van der Waals surface area contributed by atoms with Crippen molar-refractivity contribution in [1.82, 2.24) is 9.55 Å². The number of amides is 1. The van der Waals surface area contributed by atoms with Gasteiger partial charge in [0.05, 0.1) is 6.04 Å². The average molecular weight is 326 g/mol. The summed E-state index contributed by atoms with van der Waals surface area (Å²) in [6.07, 6.45) is -0.852. The highest BCUT2D eigenvalue weighted by atomic mass is 79.9. The first-order valence-corrected chi connectivity index (χ1v) is 6.21. The second-order valence-electron chi connectivity index (χ2n) is 3.87. The zero-order valence-electron chi connectivity index (χ0n) is 9.88. The van der Waals surface area contributed by atoms with Gasteiger partial charge in [0.1, 0.15) is 10.3 Å². The van der Waals surface area contributed by atoms with Crippen LogP contribution in [0.15, 0.2) is 40.1 Å². The van der Waals surface area contributed by atoms with Crippen molar-refractivity contribution in [2.45, 2.75) is 13.0 Å². The molecule has 0 bridgehead atoms. The third kappa shape index (κ3) is 2.46. The lowest BCUT2D eigenvalue weighted by atomic mass is 10.1. The van der Waals surface area contributed by atoms with E-state index in [1.54, 1.807) is 31.2 Å². The van der Waals surface area contributed by atoms with Crippen LogP contribution in [0.25, 0.3) is 0 Å². The van der Waals surface area contributed by atoms with Gasteiger partial charge in [0.25, 0.3) is 6.08 Å². The maximum atomic E-state index is 13.8. The first kappa shape index (κ1) is 13.5. The summed E-state index contributed by atoms with van der Waals surface area (Å²) in [6.45, 7) is 1.70. The molecule has 5 nitrogen and oxygen atoms in total. The number of carbonyl (C=O) groups is 1. The first-order chi connectivity index (χ1) is 9.06. The van der Waals surface area contributed by atoms with Crippen LogP contribution in [0, 0.1) is 11.0 Å². The fraction of sp³-hybridized carbons (Fsp3) is 0.167. The lowest BCUT2D eigenvalue weighted by Gasteiger charge is -2.15. The van der Waals surface area contributed by atoms with Crippen LogP contribution >= 0.6 is 15.9 Å². The molecule has 1 aromatic carbocycles. The minimum atomic E-state index is -1.06. The lowest BCUT2D eigenvalue weighted by Crippen LogP contribution is -2.15. The van der Waals surface area contributed by atoms with Gasteiger partial charge < -0.3 is 0 Å². The molecule has 1 heterocycles. The number of aromatic nitrogens is 2. The Hall–Kier alpha value is -1.89. The van der Waals surface area contributed by atoms with E-state index in [1.807, 2.05) is 6.07 Å². The lowest BCUT2D eigenvalue weighted by molar-refractivity contribution is 0.0988. The Bertz CT molecular complexity index is 627. The van der Waals surface area contributed by atoms with Crippen molar-refractivity contribution < 1.29 is 9.18 Å². The van der Waals surface area contributed by atoms with Gasteiger partial charge in [-0.25, -0.2) is 0 Å². The molecule has 0 spiro atoms. The zero-order chi connectivity index (χ0) is 14.0. The third-order valence-electron chi connectivity index (χ3n) is 2.78. The van der Waals surface area contributed by atoms with E-state index in [0.717, 1.165) is 10.1 Å². The van der Waals surface area contributed by atoms with Crippen molar-refractivity contribution in [3.05, 3.63) is 57.2 Å². The number of nitroso groups, excluding NO2 is 1. The molecule has 0 aliphatic heterocycles. The van der Waals surface area contributed by atoms with Crippen LogP contribution in [-0.4, -0.2) is 15.5 Å². The first-order valence-electron chi connectivity index (χ1n) is 5.42. The fourth-order valence-corrected chi connectivity index (χ4v) is 2.36. The number of rotatable bonds is 3. The molecule has 2 rings (SSSR count). The van der Waals surface area contributed by atoms with Gasteiger partial charge in [-0.1, -0.05) is 30.3 Å². The number of benzene rings is 1. The summed E-state index contributed by atoms with van der Waals surface area (Å²) in [4.78, 5) is 25.4. The minimum absolute atomic E-state index is 0.0302. The SMILES string of the molecule is CC(c1ccccc1)n1c(F)nc(Br)c1C(=O)N=O. The standard InChI is InChI=1S/C12H9BrFN3O2/c1-7(8-5-3-2-4-6-8)17-9(11(18)16-19)10(13)15-12(17)14/h2-7H,1H3. The summed E-state index contributed by atoms with van der Waals surface area (Å²) in [5, 5.41) is 2.32. The number of nitrogens with zero attached hydrogens (tertiary/aromatic N) is 3. The Kier molecular flexibility index (Phi) is 3.84. The van der Waals surface area contributed by atoms with Gasteiger partial charge in [-0.05, 0) is 28.4 Å². The average Bonchev–Trinajstić information content (AvgIpc) is 2.72. The molecule has 1 aromatic heterocycles. The van der Waals surface area contributed by atoms with Crippen LogP contribution in [0.1, 0.15) is 29.0 Å². The van der Waals surface area contributed by atoms with Gasteiger partial charge in [0.2, 0.25) is 0 Å². The summed E-state index contributed by atoms with van der Waals surface area (Å²) < 4.78 is 14.8. The molecule has 1 amide bonds. The van der Waals surface area contributed by atoms with Crippen molar-refractivity contribution in [1.29, 1.82) is 0 Å². The van der Waals surface area contributed by atoms with E-state index in [1.165, 1.54) is 0 Å². The molecular weight excluding hydrogens is 317 g/mol. The summed E-state index contributed by atoms with van der Waals surface area (Å²) in [5.41, 5.74) is 0.593. The van der Waals surface area contributed by atoms with Gasteiger partial charge in [-0.3, -0.25) is 9.36 Å². The van der Waals surface area contributed by atoms with Crippen LogP contribution < -0.4 is 0 Å². The van der Waals surface area contributed by atoms with E-state index < -0.39 is 18.0 Å². The van der Waals surface area contributed by atoms with Crippen LogP contribution in [0.4, 0.5) is 4.39 Å². The fourth-order valence-electron chi connectivity index (χ4n) is 1.85. The monoisotopic (exact) mass is 325 g/mol. The van der Waals surface area contributed by atoms with Crippen LogP contribution in [0.3, 0.4) is 0 Å². The van der Waals surface area contributed by atoms with Gasteiger partial charge in [-0.15, -0.1) is 4.91 Å². The van der Waals surface area contributed by atoms with Crippen LogP contribution in [0.2, 0.25) is 0 Å². The zero-order valence-corrected chi connectivity index (χ0v) is 11.5. The Morgan fingerprint density at radius 3 is 2.63 bits per heavy atom. The van der Waals surface area contributed by atoms with E-state index in [9.17, 15) is 14.1 Å². The summed E-state index contributed by atoms with van der Waals surface area (Å²) in [7, 11) is 0. The highest BCUT2D eigenvalue weighted by molar-refractivity contribution is 9.10. The molecule has 0 aliphatic carbocycles. The molecule has 0 radical (unpaired) electrons. The van der Waals surface area contributed by atoms with Crippen molar-refractivity contribution in [2.24, 2.45) is 5.18 Å². The van der Waals surface area contributed by atoms with Crippen molar-refractivity contribution in [3.8, 4) is 0 Å². The number of carbonyl (C=O) groups excluding carboxylic acids is 1. The van der Waals surface area contributed by atoms with Crippen molar-refractivity contribution in [3.63, 3.8) is 0 Å². The largest absolute Gasteiger partial charge is 0.335 e. The van der Waals surface area contributed by atoms with E-state index in [0.29, 0.717) is 0 Å². The molecule has 0 fully saturated rings. The second-order valence-corrected chi connectivity index (χ2v) is 4.62. The molecule has 0 saturated heterocycles. The molecule has 19 heavy (non-hydrogen) atoms. The molecule has 7 heteroatoms. The molecule has 1 atom stereocenters. The van der Waals surface area contributed by atoms with Gasteiger partial charge in [0, 0.05) is 5.18 Å². The topological polar surface area (TPSA) is 64.3 Å².